The van der Waals surface area contributed by atoms with Crippen molar-refractivity contribution in [3.05, 3.63) is 46.6 Å². The Morgan fingerprint density at radius 1 is 1.24 bits per heavy atom. The molecule has 3 rings (SSSR count). The molecule has 1 aromatic heterocycles. The molecule has 1 unspecified atom stereocenters. The summed E-state index contributed by atoms with van der Waals surface area (Å²) >= 11 is 0. The summed E-state index contributed by atoms with van der Waals surface area (Å²) in [7, 11) is 1.95. The lowest BCUT2D eigenvalue weighted by Crippen LogP contribution is -2.24. The van der Waals surface area contributed by atoms with Crippen molar-refractivity contribution in [2.45, 2.75) is 51.5 Å². The minimum absolute atomic E-state index is 0.0368. The lowest BCUT2D eigenvalue weighted by molar-refractivity contribution is 0.354. The summed E-state index contributed by atoms with van der Waals surface area (Å²) < 4.78 is 5.58. The third kappa shape index (κ3) is 2.72. The Bertz CT molecular complexity index is 623. The van der Waals surface area contributed by atoms with E-state index in [0.29, 0.717) is 6.04 Å². The average molecular weight is 285 g/mol. The molecule has 112 valence electrons. The second-order valence-electron chi connectivity index (χ2n) is 6.37. The number of nitrogens with zero attached hydrogens (tertiary/aromatic N) is 2. The Labute approximate surface area is 126 Å². The lowest BCUT2D eigenvalue weighted by Gasteiger charge is -2.12. The predicted octanol–water partition coefficient (Wildman–Crippen LogP) is 2.92. The van der Waals surface area contributed by atoms with Gasteiger partial charge in [-0.2, -0.15) is 4.98 Å². The maximum Gasteiger partial charge on any atom is 0.237 e. The third-order valence-electron chi connectivity index (χ3n) is 4.38. The van der Waals surface area contributed by atoms with Gasteiger partial charge >= 0.3 is 0 Å². The first-order valence-corrected chi connectivity index (χ1v) is 7.62. The number of likely N-dealkylation sites (N-methyl/N-ethyl adjacent to an activating group) is 1. The van der Waals surface area contributed by atoms with E-state index in [1.54, 1.807) is 0 Å². The highest BCUT2D eigenvalue weighted by Gasteiger charge is 2.51. The molecule has 2 aromatic rings. The maximum atomic E-state index is 5.58. The monoisotopic (exact) mass is 285 g/mol. The van der Waals surface area contributed by atoms with Gasteiger partial charge in [0.25, 0.3) is 0 Å². The van der Waals surface area contributed by atoms with E-state index < -0.39 is 0 Å². The Morgan fingerprint density at radius 3 is 2.48 bits per heavy atom. The van der Waals surface area contributed by atoms with Crippen molar-refractivity contribution in [1.82, 2.24) is 15.5 Å². The highest BCUT2D eigenvalue weighted by molar-refractivity contribution is 5.42. The number of benzene rings is 1. The molecule has 1 aliphatic carbocycles. The summed E-state index contributed by atoms with van der Waals surface area (Å²) in [6, 6.07) is 7.06. The van der Waals surface area contributed by atoms with Crippen LogP contribution in [0.25, 0.3) is 0 Å². The molecule has 0 bridgehead atoms. The van der Waals surface area contributed by atoms with Gasteiger partial charge in [-0.05, 0) is 46.2 Å². The molecule has 1 aliphatic rings. The molecule has 0 spiro atoms. The Balaban J connectivity index is 1.89. The van der Waals surface area contributed by atoms with Crippen molar-refractivity contribution >= 4 is 0 Å². The fraction of sp³-hybridized carbons (Fsp3) is 0.529. The number of rotatable bonds is 5. The molecule has 1 fully saturated rings. The first kappa shape index (κ1) is 14.3. The second-order valence-corrected chi connectivity index (χ2v) is 6.37. The molecule has 1 atom stereocenters. The van der Waals surface area contributed by atoms with Crippen molar-refractivity contribution in [1.29, 1.82) is 0 Å². The fourth-order valence-corrected chi connectivity index (χ4v) is 2.91. The molecule has 4 heteroatoms. The van der Waals surface area contributed by atoms with Crippen LogP contribution in [0, 0.1) is 13.8 Å². The van der Waals surface area contributed by atoms with Crippen LogP contribution < -0.4 is 5.32 Å². The van der Waals surface area contributed by atoms with E-state index in [4.69, 9.17) is 4.52 Å². The summed E-state index contributed by atoms with van der Waals surface area (Å²) in [6.45, 7) is 6.40. The predicted molar refractivity (Wildman–Crippen MR) is 82.5 cm³/mol. The van der Waals surface area contributed by atoms with E-state index in [1.807, 2.05) is 7.05 Å². The van der Waals surface area contributed by atoms with Crippen LogP contribution in [0.4, 0.5) is 0 Å². The van der Waals surface area contributed by atoms with Crippen LogP contribution >= 0.6 is 0 Å². The summed E-state index contributed by atoms with van der Waals surface area (Å²) in [6.07, 6.45) is 2.99. The van der Waals surface area contributed by atoms with E-state index >= 15 is 0 Å². The zero-order chi connectivity index (χ0) is 15.0. The smallest absolute Gasteiger partial charge is 0.237 e. The van der Waals surface area contributed by atoms with Crippen LogP contribution in [0.5, 0.6) is 0 Å². The first-order valence-electron chi connectivity index (χ1n) is 7.62. The fourth-order valence-electron chi connectivity index (χ4n) is 2.91. The second kappa shape index (κ2) is 5.26. The van der Waals surface area contributed by atoms with Gasteiger partial charge in [0.05, 0.1) is 5.41 Å². The van der Waals surface area contributed by atoms with Gasteiger partial charge in [0.15, 0.2) is 5.82 Å². The van der Waals surface area contributed by atoms with Gasteiger partial charge in [-0.15, -0.1) is 0 Å². The quantitative estimate of drug-likeness (QED) is 0.917. The van der Waals surface area contributed by atoms with Crippen molar-refractivity contribution in [3.63, 3.8) is 0 Å². The summed E-state index contributed by atoms with van der Waals surface area (Å²) in [5.74, 6) is 1.58. The number of hydrogen-bond acceptors (Lipinski definition) is 4. The third-order valence-corrected chi connectivity index (χ3v) is 4.38. The van der Waals surface area contributed by atoms with Crippen LogP contribution in [0.15, 0.2) is 22.7 Å². The number of aryl methyl sites for hydroxylation is 2. The highest BCUT2D eigenvalue weighted by Crippen LogP contribution is 2.53. The summed E-state index contributed by atoms with van der Waals surface area (Å²) in [4.78, 5) is 4.65. The molecule has 0 amide bonds. The number of nitrogens with one attached hydrogen (secondary N) is 1. The molecule has 1 saturated carbocycles. The molecule has 4 nitrogen and oxygen atoms in total. The van der Waals surface area contributed by atoms with Crippen LogP contribution in [0.3, 0.4) is 0 Å². The van der Waals surface area contributed by atoms with Gasteiger partial charge in [0.2, 0.25) is 5.89 Å². The summed E-state index contributed by atoms with van der Waals surface area (Å²) in [5.41, 5.74) is 3.86. The zero-order valence-electron chi connectivity index (χ0n) is 13.2. The molecule has 21 heavy (non-hydrogen) atoms. The van der Waals surface area contributed by atoms with Gasteiger partial charge in [0, 0.05) is 12.5 Å². The largest absolute Gasteiger partial charge is 0.338 e. The lowest BCUT2D eigenvalue weighted by atomic mass is 9.92. The van der Waals surface area contributed by atoms with Crippen molar-refractivity contribution in [2.24, 2.45) is 0 Å². The highest BCUT2D eigenvalue weighted by atomic mass is 16.5. The Kier molecular flexibility index (Phi) is 3.57. The Morgan fingerprint density at radius 2 is 1.90 bits per heavy atom. The molecule has 1 aromatic carbocycles. The molecular weight excluding hydrogens is 262 g/mol. The molecule has 0 saturated heterocycles. The van der Waals surface area contributed by atoms with Gasteiger partial charge in [-0.3, -0.25) is 0 Å². The summed E-state index contributed by atoms with van der Waals surface area (Å²) in [5, 5.41) is 7.36. The SMILES string of the molecule is CNC(C)Cc1noc(C2(c3cc(C)cc(C)c3)CC2)n1. The van der Waals surface area contributed by atoms with Gasteiger partial charge in [0.1, 0.15) is 0 Å². The van der Waals surface area contributed by atoms with Crippen molar-refractivity contribution < 1.29 is 4.52 Å². The van der Waals surface area contributed by atoms with Crippen molar-refractivity contribution in [3.8, 4) is 0 Å². The average Bonchev–Trinajstić information content (AvgIpc) is 3.12. The zero-order valence-corrected chi connectivity index (χ0v) is 13.2. The van der Waals surface area contributed by atoms with Crippen LogP contribution in [0.2, 0.25) is 0 Å². The van der Waals surface area contributed by atoms with E-state index in [0.717, 1.165) is 31.0 Å². The molecule has 0 aliphatic heterocycles. The van der Waals surface area contributed by atoms with Gasteiger partial charge < -0.3 is 9.84 Å². The Hall–Kier alpha value is -1.68. The van der Waals surface area contributed by atoms with Crippen LogP contribution in [0.1, 0.15) is 48.2 Å². The number of aromatic nitrogens is 2. The molecule has 0 radical (unpaired) electrons. The van der Waals surface area contributed by atoms with E-state index in [-0.39, 0.29) is 5.41 Å². The minimum Gasteiger partial charge on any atom is -0.338 e. The molecule has 1 N–H and O–H groups in total. The normalized spacial score (nSPS) is 17.7. The minimum atomic E-state index is -0.0368. The van der Waals surface area contributed by atoms with Crippen molar-refractivity contribution in [2.75, 3.05) is 7.05 Å². The topological polar surface area (TPSA) is 51.0 Å². The molecule has 1 heterocycles. The standard InChI is InChI=1S/C17H23N3O/c1-11-7-12(2)9-14(8-11)17(5-6-17)16-19-15(20-21-16)10-13(3)18-4/h7-9,13,18H,5-6,10H2,1-4H3. The van der Waals surface area contributed by atoms with Gasteiger partial charge in [-0.1, -0.05) is 34.5 Å². The van der Waals surface area contributed by atoms with Gasteiger partial charge in [-0.25, -0.2) is 0 Å². The molecular formula is C17H23N3O. The van der Waals surface area contributed by atoms with E-state index in [2.05, 4.69) is 54.4 Å². The van der Waals surface area contributed by atoms with Crippen LogP contribution in [-0.4, -0.2) is 23.2 Å². The van der Waals surface area contributed by atoms with Crippen LogP contribution in [-0.2, 0) is 11.8 Å². The first-order chi connectivity index (χ1) is 10.0. The number of hydrogen-bond donors (Lipinski definition) is 1. The maximum absolute atomic E-state index is 5.58. The van der Waals surface area contributed by atoms with E-state index in [1.165, 1.54) is 16.7 Å². The van der Waals surface area contributed by atoms with E-state index in [9.17, 15) is 0 Å².